The molecule has 0 saturated heterocycles. The Morgan fingerprint density at radius 1 is 1.25 bits per heavy atom. The van der Waals surface area contributed by atoms with E-state index in [9.17, 15) is 14.7 Å². The minimum Gasteiger partial charge on any atom is -0.462 e. The number of esters is 1. The Morgan fingerprint density at radius 3 is 2.25 bits per heavy atom. The largest absolute Gasteiger partial charge is 0.462 e. The maximum atomic E-state index is 11.2. The summed E-state index contributed by atoms with van der Waals surface area (Å²) in [7, 11) is 0. The Labute approximate surface area is 92.3 Å². The molecule has 16 heavy (non-hydrogen) atoms. The summed E-state index contributed by atoms with van der Waals surface area (Å²) < 4.78 is 4.47. The van der Waals surface area contributed by atoms with Crippen molar-refractivity contribution in [2.75, 3.05) is 13.2 Å². The van der Waals surface area contributed by atoms with Gasteiger partial charge in [0.15, 0.2) is 5.78 Å². The molecule has 7 nitrogen and oxygen atoms in total. The van der Waals surface area contributed by atoms with Gasteiger partial charge in [0.25, 0.3) is 0 Å². The molecule has 0 rings (SSSR count). The summed E-state index contributed by atoms with van der Waals surface area (Å²) in [5, 5.41) is 35.7. The molecule has 3 atom stereocenters. The van der Waals surface area contributed by atoms with Crippen LogP contribution in [0.3, 0.4) is 0 Å². The Bertz CT molecular complexity index is 240. The Hall–Kier alpha value is -1.02. The lowest BCUT2D eigenvalue weighted by atomic mass is 10.1. The summed E-state index contributed by atoms with van der Waals surface area (Å²) in [4.78, 5) is 21.9. The minimum atomic E-state index is -1.90. The van der Waals surface area contributed by atoms with Gasteiger partial charge in [0.1, 0.15) is 24.9 Å². The van der Waals surface area contributed by atoms with E-state index in [-0.39, 0.29) is 6.42 Å². The average Bonchev–Trinajstić information content (AvgIpc) is 2.32. The predicted molar refractivity (Wildman–Crippen MR) is 51.4 cm³/mol. The van der Waals surface area contributed by atoms with Crippen LogP contribution in [-0.2, 0) is 14.3 Å². The third-order valence-corrected chi connectivity index (χ3v) is 1.86. The van der Waals surface area contributed by atoms with E-state index in [4.69, 9.17) is 15.3 Å². The number of hydrogen-bond acceptors (Lipinski definition) is 7. The van der Waals surface area contributed by atoms with Gasteiger partial charge in [0, 0.05) is 6.42 Å². The molecule has 0 aromatic carbocycles. The first-order chi connectivity index (χ1) is 7.43. The highest BCUT2D eigenvalue weighted by Gasteiger charge is 2.29. The molecule has 4 N–H and O–H groups in total. The molecule has 0 radical (unpaired) electrons. The van der Waals surface area contributed by atoms with Crippen LogP contribution in [0.1, 0.15) is 13.3 Å². The summed E-state index contributed by atoms with van der Waals surface area (Å²) in [5.41, 5.74) is 0. The van der Waals surface area contributed by atoms with Crippen molar-refractivity contribution in [3.8, 4) is 0 Å². The topological polar surface area (TPSA) is 124 Å². The number of carbonyl (C=O) groups excluding carboxylic acids is 2. The maximum Gasteiger partial charge on any atom is 0.305 e. The molecule has 0 aromatic heterocycles. The van der Waals surface area contributed by atoms with Crippen LogP contribution in [0.4, 0.5) is 0 Å². The van der Waals surface area contributed by atoms with E-state index in [1.54, 1.807) is 6.92 Å². The molecule has 0 saturated carbocycles. The number of aliphatic hydroxyl groups is 4. The number of ketones is 1. The molecule has 7 heteroatoms. The zero-order chi connectivity index (χ0) is 12.7. The van der Waals surface area contributed by atoms with Crippen LogP contribution in [0.5, 0.6) is 0 Å². The van der Waals surface area contributed by atoms with Gasteiger partial charge in [-0.1, -0.05) is 6.92 Å². The highest BCUT2D eigenvalue weighted by Crippen LogP contribution is 2.00. The van der Waals surface area contributed by atoms with Gasteiger partial charge in [-0.25, -0.2) is 0 Å². The maximum absolute atomic E-state index is 11.2. The number of hydrogen-bond donors (Lipinski definition) is 4. The number of Topliss-reactive ketones (excluding diaryl/α,β-unsaturated/α-hetero) is 1. The van der Waals surface area contributed by atoms with Crippen molar-refractivity contribution in [2.24, 2.45) is 0 Å². The molecule has 0 fully saturated rings. The SMILES string of the molecule is CCC(=O)OC[C@@H](O)C(=O)[C@H](O)[C@@H](O)CO. The van der Waals surface area contributed by atoms with Gasteiger partial charge in [0.2, 0.25) is 0 Å². The third-order valence-electron chi connectivity index (χ3n) is 1.86. The van der Waals surface area contributed by atoms with Gasteiger partial charge >= 0.3 is 5.97 Å². The lowest BCUT2D eigenvalue weighted by Crippen LogP contribution is -2.43. The zero-order valence-corrected chi connectivity index (χ0v) is 8.87. The number of ether oxygens (including phenoxy) is 1. The van der Waals surface area contributed by atoms with Crippen molar-refractivity contribution in [2.45, 2.75) is 31.7 Å². The van der Waals surface area contributed by atoms with Crippen molar-refractivity contribution in [1.29, 1.82) is 0 Å². The second-order valence-electron chi connectivity index (χ2n) is 3.15. The first-order valence-electron chi connectivity index (χ1n) is 4.78. The van der Waals surface area contributed by atoms with Crippen molar-refractivity contribution < 1.29 is 34.8 Å². The molecular formula is C9H16O7. The minimum absolute atomic E-state index is 0.0999. The number of aliphatic hydroxyl groups excluding tert-OH is 4. The quantitative estimate of drug-likeness (QED) is 0.363. The molecule has 0 aliphatic heterocycles. The van der Waals surface area contributed by atoms with Crippen LogP contribution in [0.2, 0.25) is 0 Å². The lowest BCUT2D eigenvalue weighted by molar-refractivity contribution is -0.153. The van der Waals surface area contributed by atoms with E-state index in [0.29, 0.717) is 0 Å². The normalized spacial score (nSPS) is 16.3. The van der Waals surface area contributed by atoms with E-state index in [0.717, 1.165) is 0 Å². The molecule has 0 aliphatic rings. The Balaban J connectivity index is 4.12. The molecule has 0 aliphatic carbocycles. The van der Waals surface area contributed by atoms with Crippen LogP contribution in [-0.4, -0.2) is 63.7 Å². The van der Waals surface area contributed by atoms with Crippen LogP contribution in [0.15, 0.2) is 0 Å². The van der Waals surface area contributed by atoms with Crippen LogP contribution < -0.4 is 0 Å². The highest BCUT2D eigenvalue weighted by atomic mass is 16.5. The van der Waals surface area contributed by atoms with E-state index in [1.165, 1.54) is 0 Å². The smallest absolute Gasteiger partial charge is 0.305 e. The summed E-state index contributed by atoms with van der Waals surface area (Å²) >= 11 is 0. The van der Waals surface area contributed by atoms with Gasteiger partial charge in [-0.05, 0) is 0 Å². The number of carbonyl (C=O) groups is 2. The predicted octanol–water partition coefficient (Wildman–Crippen LogP) is -2.42. The van der Waals surface area contributed by atoms with E-state index < -0.39 is 43.3 Å². The molecule has 0 bridgehead atoms. The number of rotatable bonds is 7. The Morgan fingerprint density at radius 2 is 1.81 bits per heavy atom. The summed E-state index contributed by atoms with van der Waals surface area (Å²) in [6.45, 7) is 0.149. The van der Waals surface area contributed by atoms with Gasteiger partial charge in [-0.2, -0.15) is 0 Å². The standard InChI is InChI=1S/C9H16O7/c1-2-7(13)16-4-6(12)9(15)8(14)5(11)3-10/h5-6,8,10-12,14H,2-4H2,1H3/t5-,6+,8+/m0/s1. The van der Waals surface area contributed by atoms with Gasteiger partial charge in [-0.15, -0.1) is 0 Å². The van der Waals surface area contributed by atoms with Crippen LogP contribution in [0.25, 0.3) is 0 Å². The van der Waals surface area contributed by atoms with Crippen molar-refractivity contribution in [3.63, 3.8) is 0 Å². The van der Waals surface area contributed by atoms with E-state index in [2.05, 4.69) is 4.74 Å². The lowest BCUT2D eigenvalue weighted by Gasteiger charge is -2.17. The van der Waals surface area contributed by atoms with E-state index >= 15 is 0 Å². The van der Waals surface area contributed by atoms with E-state index in [1.807, 2.05) is 0 Å². The first kappa shape index (κ1) is 15.0. The zero-order valence-electron chi connectivity index (χ0n) is 8.87. The monoisotopic (exact) mass is 236 g/mol. The Kier molecular flexibility index (Phi) is 6.82. The average molecular weight is 236 g/mol. The fourth-order valence-electron chi connectivity index (χ4n) is 0.843. The molecule has 0 unspecified atom stereocenters. The molecule has 0 heterocycles. The summed E-state index contributed by atoms with van der Waals surface area (Å²) in [5.74, 6) is -1.70. The van der Waals surface area contributed by atoms with Crippen molar-refractivity contribution in [3.05, 3.63) is 0 Å². The summed E-state index contributed by atoms with van der Waals surface area (Å²) in [6, 6.07) is 0. The van der Waals surface area contributed by atoms with Crippen molar-refractivity contribution in [1.82, 2.24) is 0 Å². The molecule has 94 valence electrons. The molecular weight excluding hydrogens is 220 g/mol. The molecule has 0 spiro atoms. The summed E-state index contributed by atoms with van der Waals surface area (Å²) in [6.07, 6.45) is -5.18. The first-order valence-corrected chi connectivity index (χ1v) is 4.78. The fraction of sp³-hybridized carbons (Fsp3) is 0.778. The van der Waals surface area contributed by atoms with Crippen LogP contribution >= 0.6 is 0 Å². The second kappa shape index (κ2) is 7.29. The van der Waals surface area contributed by atoms with Gasteiger partial charge in [-0.3, -0.25) is 9.59 Å². The van der Waals surface area contributed by atoms with Crippen molar-refractivity contribution >= 4 is 11.8 Å². The van der Waals surface area contributed by atoms with Gasteiger partial charge in [0.05, 0.1) is 6.61 Å². The highest BCUT2D eigenvalue weighted by molar-refractivity contribution is 5.87. The fourth-order valence-corrected chi connectivity index (χ4v) is 0.843. The molecule has 0 amide bonds. The van der Waals surface area contributed by atoms with Crippen LogP contribution in [0, 0.1) is 0 Å². The van der Waals surface area contributed by atoms with Gasteiger partial charge < -0.3 is 25.2 Å². The molecule has 0 aromatic rings. The third kappa shape index (κ3) is 4.67. The second-order valence-corrected chi connectivity index (χ2v) is 3.15.